The molecule has 0 aliphatic heterocycles. The number of benzene rings is 2. The molecule has 0 spiro atoms. The lowest BCUT2D eigenvalue weighted by molar-refractivity contribution is -0.119. The molecule has 0 saturated carbocycles. The van der Waals surface area contributed by atoms with Crippen LogP contribution >= 0.6 is 0 Å². The Kier molecular flexibility index (Phi) is 5.82. The molecule has 23 heavy (non-hydrogen) atoms. The van der Waals surface area contributed by atoms with Crippen LogP contribution in [-0.4, -0.2) is 25.6 Å². The summed E-state index contributed by atoms with van der Waals surface area (Å²) in [6.07, 6.45) is 0. The molecule has 0 bridgehead atoms. The Hall–Kier alpha value is -2.73. The number of nitrogens with one attached hydrogen (secondary N) is 1. The van der Waals surface area contributed by atoms with E-state index in [1.54, 1.807) is 31.4 Å². The van der Waals surface area contributed by atoms with Crippen LogP contribution in [0.2, 0.25) is 0 Å². The number of amides is 1. The van der Waals surface area contributed by atoms with E-state index in [4.69, 9.17) is 9.47 Å². The fraction of sp³-hybridized carbons (Fsp3) is 0.176. The Labute approximate surface area is 133 Å². The summed E-state index contributed by atoms with van der Waals surface area (Å²) in [5.74, 6) is -1.49. The van der Waals surface area contributed by atoms with Crippen LogP contribution in [0.25, 0.3) is 0 Å². The molecule has 5 nitrogen and oxygen atoms in total. The SMILES string of the molecule is COCc1ccc(C(=O)OCC(=O)Nc2ccc(F)cc2)cc1. The van der Waals surface area contributed by atoms with Crippen LogP contribution in [0.1, 0.15) is 15.9 Å². The first-order chi connectivity index (χ1) is 11.1. The molecule has 120 valence electrons. The second-order valence-electron chi connectivity index (χ2n) is 4.76. The van der Waals surface area contributed by atoms with Crippen molar-refractivity contribution in [2.75, 3.05) is 19.0 Å². The number of methoxy groups -OCH3 is 1. The van der Waals surface area contributed by atoms with Crippen molar-refractivity contribution in [2.45, 2.75) is 6.61 Å². The Morgan fingerprint density at radius 2 is 1.70 bits per heavy atom. The minimum atomic E-state index is -0.594. The van der Waals surface area contributed by atoms with Gasteiger partial charge in [-0.1, -0.05) is 12.1 Å². The lowest BCUT2D eigenvalue weighted by atomic mass is 10.1. The van der Waals surface area contributed by atoms with Crippen molar-refractivity contribution in [1.29, 1.82) is 0 Å². The molecule has 0 unspecified atom stereocenters. The highest BCUT2D eigenvalue weighted by atomic mass is 19.1. The molecule has 2 rings (SSSR count). The zero-order valence-electron chi connectivity index (χ0n) is 12.5. The fourth-order valence-corrected chi connectivity index (χ4v) is 1.85. The van der Waals surface area contributed by atoms with E-state index in [9.17, 15) is 14.0 Å². The second kappa shape index (κ2) is 8.05. The van der Waals surface area contributed by atoms with Gasteiger partial charge in [0.15, 0.2) is 6.61 Å². The first-order valence-electron chi connectivity index (χ1n) is 6.89. The Morgan fingerprint density at radius 3 is 2.30 bits per heavy atom. The monoisotopic (exact) mass is 317 g/mol. The molecule has 0 aromatic heterocycles. The van der Waals surface area contributed by atoms with Crippen molar-refractivity contribution in [3.63, 3.8) is 0 Å². The standard InChI is InChI=1S/C17H16FNO4/c1-22-10-12-2-4-13(5-3-12)17(21)23-11-16(20)19-15-8-6-14(18)7-9-15/h2-9H,10-11H2,1H3,(H,19,20). The molecule has 1 N–H and O–H groups in total. The minimum Gasteiger partial charge on any atom is -0.452 e. The molecule has 0 atom stereocenters. The third-order valence-corrected chi connectivity index (χ3v) is 2.96. The van der Waals surface area contributed by atoms with Crippen molar-refractivity contribution >= 4 is 17.6 Å². The van der Waals surface area contributed by atoms with Gasteiger partial charge in [-0.3, -0.25) is 4.79 Å². The second-order valence-corrected chi connectivity index (χ2v) is 4.76. The van der Waals surface area contributed by atoms with Gasteiger partial charge in [0.25, 0.3) is 5.91 Å². The summed E-state index contributed by atoms with van der Waals surface area (Å²) < 4.78 is 22.7. The summed E-state index contributed by atoms with van der Waals surface area (Å²) in [5, 5.41) is 2.50. The van der Waals surface area contributed by atoms with Gasteiger partial charge in [-0.15, -0.1) is 0 Å². The normalized spacial score (nSPS) is 10.2. The fourth-order valence-electron chi connectivity index (χ4n) is 1.85. The van der Waals surface area contributed by atoms with Gasteiger partial charge in [0.1, 0.15) is 5.82 Å². The minimum absolute atomic E-state index is 0.347. The molecule has 1 amide bonds. The zero-order valence-corrected chi connectivity index (χ0v) is 12.5. The van der Waals surface area contributed by atoms with Gasteiger partial charge in [0, 0.05) is 12.8 Å². The topological polar surface area (TPSA) is 64.6 Å². The highest BCUT2D eigenvalue weighted by Crippen LogP contribution is 2.09. The maximum atomic E-state index is 12.8. The maximum absolute atomic E-state index is 12.8. The molecular formula is C17H16FNO4. The number of esters is 1. The van der Waals surface area contributed by atoms with E-state index in [-0.39, 0.29) is 0 Å². The van der Waals surface area contributed by atoms with Gasteiger partial charge in [-0.05, 0) is 42.0 Å². The lowest BCUT2D eigenvalue weighted by Gasteiger charge is -2.07. The molecule has 0 aliphatic carbocycles. The summed E-state index contributed by atoms with van der Waals surface area (Å²) in [5.41, 5.74) is 1.70. The van der Waals surface area contributed by atoms with Gasteiger partial charge in [-0.2, -0.15) is 0 Å². The number of hydrogen-bond acceptors (Lipinski definition) is 4. The summed E-state index contributed by atoms with van der Waals surface area (Å²) in [6, 6.07) is 12.0. The van der Waals surface area contributed by atoms with Crippen molar-refractivity contribution < 1.29 is 23.5 Å². The van der Waals surface area contributed by atoms with E-state index in [1.165, 1.54) is 24.3 Å². The van der Waals surface area contributed by atoms with Gasteiger partial charge < -0.3 is 14.8 Å². The average molecular weight is 317 g/mol. The third-order valence-electron chi connectivity index (χ3n) is 2.96. The smallest absolute Gasteiger partial charge is 0.338 e. The van der Waals surface area contributed by atoms with Crippen LogP contribution in [0.3, 0.4) is 0 Å². The molecule has 0 saturated heterocycles. The maximum Gasteiger partial charge on any atom is 0.338 e. The number of halogens is 1. The van der Waals surface area contributed by atoms with Crippen LogP contribution in [-0.2, 0) is 20.9 Å². The number of hydrogen-bond donors (Lipinski definition) is 1. The van der Waals surface area contributed by atoms with Crippen LogP contribution < -0.4 is 5.32 Å². The Bertz CT molecular complexity index is 668. The van der Waals surface area contributed by atoms with Gasteiger partial charge in [-0.25, -0.2) is 9.18 Å². The van der Waals surface area contributed by atoms with E-state index in [2.05, 4.69) is 5.32 Å². The predicted octanol–water partition coefficient (Wildman–Crippen LogP) is 2.77. The molecule has 0 heterocycles. The predicted molar refractivity (Wildman–Crippen MR) is 82.5 cm³/mol. The highest BCUT2D eigenvalue weighted by Gasteiger charge is 2.10. The van der Waals surface area contributed by atoms with Crippen LogP contribution in [0, 0.1) is 5.82 Å². The van der Waals surface area contributed by atoms with Crippen LogP contribution in [0.4, 0.5) is 10.1 Å². The van der Waals surface area contributed by atoms with Gasteiger partial charge in [0.2, 0.25) is 0 Å². The summed E-state index contributed by atoms with van der Waals surface area (Å²) in [4.78, 5) is 23.5. The number of anilines is 1. The van der Waals surface area contributed by atoms with Crippen LogP contribution in [0.15, 0.2) is 48.5 Å². The largest absolute Gasteiger partial charge is 0.452 e. The Balaban J connectivity index is 1.83. The average Bonchev–Trinajstić information content (AvgIpc) is 2.56. The molecule has 6 heteroatoms. The van der Waals surface area contributed by atoms with Crippen molar-refractivity contribution in [3.05, 3.63) is 65.5 Å². The van der Waals surface area contributed by atoms with E-state index < -0.39 is 24.3 Å². The number of ether oxygens (including phenoxy) is 2. The number of rotatable bonds is 6. The quantitative estimate of drug-likeness (QED) is 0.832. The van der Waals surface area contributed by atoms with Crippen molar-refractivity contribution in [3.8, 4) is 0 Å². The highest BCUT2D eigenvalue weighted by molar-refractivity contribution is 5.95. The van der Waals surface area contributed by atoms with E-state index in [1.807, 2.05) is 0 Å². The molecule has 0 fully saturated rings. The molecule has 0 aliphatic rings. The molecule has 0 radical (unpaired) electrons. The number of carbonyl (C=O) groups is 2. The third kappa shape index (κ3) is 5.19. The van der Waals surface area contributed by atoms with Crippen LogP contribution in [0.5, 0.6) is 0 Å². The summed E-state index contributed by atoms with van der Waals surface area (Å²) in [7, 11) is 1.59. The summed E-state index contributed by atoms with van der Waals surface area (Å²) in [6.45, 7) is 0.0332. The van der Waals surface area contributed by atoms with E-state index in [0.29, 0.717) is 17.9 Å². The van der Waals surface area contributed by atoms with Crippen molar-refractivity contribution in [1.82, 2.24) is 0 Å². The van der Waals surface area contributed by atoms with Crippen molar-refractivity contribution in [2.24, 2.45) is 0 Å². The van der Waals surface area contributed by atoms with Gasteiger partial charge in [0.05, 0.1) is 12.2 Å². The summed E-state index contributed by atoms with van der Waals surface area (Å²) >= 11 is 0. The first-order valence-corrected chi connectivity index (χ1v) is 6.89. The zero-order chi connectivity index (χ0) is 16.7. The van der Waals surface area contributed by atoms with E-state index in [0.717, 1.165) is 5.56 Å². The molecule has 2 aromatic rings. The van der Waals surface area contributed by atoms with E-state index >= 15 is 0 Å². The molecule has 2 aromatic carbocycles. The lowest BCUT2D eigenvalue weighted by Crippen LogP contribution is -2.20. The number of carbonyl (C=O) groups excluding carboxylic acids is 2. The first kappa shape index (κ1) is 16.6. The molecular weight excluding hydrogens is 301 g/mol. The van der Waals surface area contributed by atoms with Gasteiger partial charge >= 0.3 is 5.97 Å². The Morgan fingerprint density at radius 1 is 1.04 bits per heavy atom.